The van der Waals surface area contributed by atoms with Gasteiger partial charge >= 0.3 is 6.18 Å². The third kappa shape index (κ3) is 4.65. The highest BCUT2D eigenvalue weighted by Gasteiger charge is 2.27. The molecule has 2 aromatic heterocycles. The summed E-state index contributed by atoms with van der Waals surface area (Å²) in [4.78, 5) is 8.31. The van der Waals surface area contributed by atoms with E-state index in [2.05, 4.69) is 25.5 Å². The van der Waals surface area contributed by atoms with Gasteiger partial charge in [-0.25, -0.2) is 9.97 Å². The van der Waals surface area contributed by atoms with Crippen LogP contribution < -0.4 is 5.32 Å². The lowest BCUT2D eigenvalue weighted by Crippen LogP contribution is -2.28. The van der Waals surface area contributed by atoms with Crippen LogP contribution in [0.2, 0.25) is 0 Å². The summed E-state index contributed by atoms with van der Waals surface area (Å²) in [5.41, 5.74) is 0.406. The Bertz CT molecular complexity index is 635. The molecule has 1 aliphatic rings. The lowest BCUT2D eigenvalue weighted by atomic mass is 9.91. The van der Waals surface area contributed by atoms with Crippen LogP contribution in [-0.2, 0) is 6.42 Å². The second-order valence-electron chi connectivity index (χ2n) is 6.05. The first kappa shape index (κ1) is 16.7. The number of aryl methyl sites for hydroxylation is 1. The maximum Gasteiger partial charge on any atom is 0.389 e. The molecule has 2 aromatic rings. The van der Waals surface area contributed by atoms with Gasteiger partial charge in [-0.15, -0.1) is 10.2 Å². The predicted octanol–water partition coefficient (Wildman–Crippen LogP) is 3.16. The molecular formula is C15H19F3N6. The average Bonchev–Trinajstić information content (AvgIpc) is 3.08. The van der Waals surface area contributed by atoms with Crippen molar-refractivity contribution in [2.45, 2.75) is 56.8 Å². The summed E-state index contributed by atoms with van der Waals surface area (Å²) >= 11 is 0. The molecule has 6 nitrogen and oxygen atoms in total. The molecule has 1 saturated carbocycles. The monoisotopic (exact) mass is 340 g/mol. The van der Waals surface area contributed by atoms with Crippen molar-refractivity contribution in [3.63, 3.8) is 0 Å². The molecule has 0 saturated heterocycles. The van der Waals surface area contributed by atoms with E-state index in [0.29, 0.717) is 17.7 Å². The first-order valence-electron chi connectivity index (χ1n) is 7.99. The Kier molecular flexibility index (Phi) is 4.96. The predicted molar refractivity (Wildman–Crippen MR) is 81.3 cm³/mol. The Balaban J connectivity index is 1.51. The maximum absolute atomic E-state index is 12.3. The smallest absolute Gasteiger partial charge is 0.351 e. The minimum absolute atomic E-state index is 0.124. The number of rotatable bonds is 5. The number of hydrogen-bond donors (Lipinski definition) is 1. The first-order chi connectivity index (χ1) is 11.5. The fourth-order valence-corrected chi connectivity index (χ4v) is 2.97. The van der Waals surface area contributed by atoms with Gasteiger partial charge in [-0.3, -0.25) is 0 Å². The zero-order valence-corrected chi connectivity index (χ0v) is 13.1. The quantitative estimate of drug-likeness (QED) is 0.905. The molecule has 1 fully saturated rings. The average molecular weight is 340 g/mol. The van der Waals surface area contributed by atoms with Gasteiger partial charge in [-0.2, -0.15) is 13.2 Å². The van der Waals surface area contributed by atoms with Crippen LogP contribution in [0, 0.1) is 0 Å². The van der Waals surface area contributed by atoms with Crippen LogP contribution in [0.4, 0.5) is 19.1 Å². The molecule has 0 spiro atoms. The van der Waals surface area contributed by atoms with Gasteiger partial charge in [0.2, 0.25) is 5.95 Å². The largest absolute Gasteiger partial charge is 0.389 e. The summed E-state index contributed by atoms with van der Waals surface area (Å²) in [6.45, 7) is 0. The number of halogens is 3. The minimum Gasteiger partial charge on any atom is -0.351 e. The zero-order chi connectivity index (χ0) is 17.0. The van der Waals surface area contributed by atoms with Crippen molar-refractivity contribution in [3.05, 3.63) is 30.6 Å². The fourth-order valence-electron chi connectivity index (χ4n) is 2.97. The van der Waals surface area contributed by atoms with Gasteiger partial charge in [0.05, 0.1) is 0 Å². The van der Waals surface area contributed by atoms with Crippen molar-refractivity contribution in [2.24, 2.45) is 0 Å². The minimum atomic E-state index is -4.17. The molecule has 0 aliphatic heterocycles. The summed E-state index contributed by atoms with van der Waals surface area (Å²) in [6.07, 6.45) is 3.67. The van der Waals surface area contributed by atoms with E-state index < -0.39 is 12.6 Å². The molecule has 0 amide bonds. The molecule has 0 unspecified atom stereocenters. The maximum atomic E-state index is 12.3. The van der Waals surface area contributed by atoms with Crippen LogP contribution in [0.5, 0.6) is 0 Å². The summed E-state index contributed by atoms with van der Waals surface area (Å²) in [6, 6.07) is 2.16. The second kappa shape index (κ2) is 7.14. The Hall–Kier alpha value is -2.19. The molecule has 1 aliphatic carbocycles. The van der Waals surface area contributed by atoms with Gasteiger partial charge in [0, 0.05) is 30.4 Å². The molecule has 0 radical (unpaired) electrons. The van der Waals surface area contributed by atoms with Crippen LogP contribution in [0.25, 0.3) is 0 Å². The van der Waals surface area contributed by atoms with Crippen LogP contribution >= 0.6 is 0 Å². The molecule has 3 rings (SSSR count). The number of nitrogens with zero attached hydrogens (tertiary/aromatic N) is 5. The number of alkyl halides is 3. The van der Waals surface area contributed by atoms with E-state index in [1.165, 1.54) is 12.3 Å². The van der Waals surface area contributed by atoms with Crippen molar-refractivity contribution >= 4 is 5.95 Å². The van der Waals surface area contributed by atoms with E-state index in [-0.39, 0.29) is 12.5 Å². The molecule has 24 heavy (non-hydrogen) atoms. The highest BCUT2D eigenvalue weighted by molar-refractivity contribution is 5.27. The fraction of sp³-hybridized carbons (Fsp3) is 0.600. The Labute approximate surface area is 137 Å². The van der Waals surface area contributed by atoms with Gasteiger partial charge in [0.1, 0.15) is 12.7 Å². The third-order valence-electron chi connectivity index (χ3n) is 4.27. The Morgan fingerprint density at radius 1 is 1.12 bits per heavy atom. The van der Waals surface area contributed by atoms with E-state index in [0.717, 1.165) is 25.7 Å². The van der Waals surface area contributed by atoms with Gasteiger partial charge in [0.15, 0.2) is 0 Å². The van der Waals surface area contributed by atoms with Gasteiger partial charge < -0.3 is 9.88 Å². The van der Waals surface area contributed by atoms with Crippen LogP contribution in [-0.4, -0.2) is 37.0 Å². The topological polar surface area (TPSA) is 68.5 Å². The molecule has 0 aromatic carbocycles. The summed E-state index contributed by atoms with van der Waals surface area (Å²) in [5.74, 6) is 0.405. The molecule has 0 atom stereocenters. The van der Waals surface area contributed by atoms with Crippen LogP contribution in [0.3, 0.4) is 0 Å². The van der Waals surface area contributed by atoms with Gasteiger partial charge in [0.25, 0.3) is 0 Å². The summed E-state index contributed by atoms with van der Waals surface area (Å²) in [7, 11) is 0. The van der Waals surface area contributed by atoms with Crippen molar-refractivity contribution < 1.29 is 13.2 Å². The highest BCUT2D eigenvalue weighted by Crippen LogP contribution is 2.29. The van der Waals surface area contributed by atoms with E-state index in [4.69, 9.17) is 0 Å². The third-order valence-corrected chi connectivity index (χ3v) is 4.27. The van der Waals surface area contributed by atoms with Crippen LogP contribution in [0.1, 0.15) is 43.8 Å². The lowest BCUT2D eigenvalue weighted by molar-refractivity contribution is -0.134. The molecular weight excluding hydrogens is 321 g/mol. The standard InChI is InChI=1S/C15H19F3N6/c16-15(17,18)7-5-12-6-8-19-14(23-12)22-11-1-3-13(4-2-11)24-9-20-21-10-24/h6,8-11,13H,1-5,7H2,(H,19,22,23). The van der Waals surface area contributed by atoms with Gasteiger partial charge in [-0.05, 0) is 38.2 Å². The summed E-state index contributed by atoms with van der Waals surface area (Å²) in [5, 5.41) is 10.9. The van der Waals surface area contributed by atoms with Gasteiger partial charge in [-0.1, -0.05) is 0 Å². The second-order valence-corrected chi connectivity index (χ2v) is 6.05. The number of nitrogens with one attached hydrogen (secondary N) is 1. The van der Waals surface area contributed by atoms with Crippen molar-refractivity contribution in [3.8, 4) is 0 Å². The highest BCUT2D eigenvalue weighted by atomic mass is 19.4. The van der Waals surface area contributed by atoms with Crippen molar-refractivity contribution in [2.75, 3.05) is 5.32 Å². The van der Waals surface area contributed by atoms with Crippen molar-refractivity contribution in [1.29, 1.82) is 0 Å². The molecule has 130 valence electrons. The normalized spacial score (nSPS) is 21.6. The Morgan fingerprint density at radius 3 is 2.50 bits per heavy atom. The molecule has 1 N–H and O–H groups in total. The number of hydrogen-bond acceptors (Lipinski definition) is 5. The molecule has 2 heterocycles. The van der Waals surface area contributed by atoms with E-state index in [1.807, 2.05) is 4.57 Å². The van der Waals surface area contributed by atoms with Crippen molar-refractivity contribution in [1.82, 2.24) is 24.7 Å². The summed E-state index contributed by atoms with van der Waals surface area (Å²) < 4.78 is 38.9. The lowest BCUT2D eigenvalue weighted by Gasteiger charge is -2.29. The van der Waals surface area contributed by atoms with E-state index in [9.17, 15) is 13.2 Å². The van der Waals surface area contributed by atoms with E-state index in [1.54, 1.807) is 12.7 Å². The SMILES string of the molecule is FC(F)(F)CCc1ccnc(NC2CCC(n3cnnc3)CC2)n1. The Morgan fingerprint density at radius 2 is 1.83 bits per heavy atom. The molecule has 0 bridgehead atoms. The molecule has 9 heteroatoms. The number of anilines is 1. The first-order valence-corrected chi connectivity index (χ1v) is 7.99. The number of aromatic nitrogens is 5. The zero-order valence-electron chi connectivity index (χ0n) is 13.1. The van der Waals surface area contributed by atoms with Crippen LogP contribution in [0.15, 0.2) is 24.9 Å². The van der Waals surface area contributed by atoms with E-state index >= 15 is 0 Å².